The molecule has 0 radical (unpaired) electrons. The van der Waals surface area contributed by atoms with Crippen molar-refractivity contribution in [1.82, 2.24) is 5.32 Å². The summed E-state index contributed by atoms with van der Waals surface area (Å²) in [5.74, 6) is 1.10. The van der Waals surface area contributed by atoms with Crippen molar-refractivity contribution in [2.45, 2.75) is 19.6 Å². The quantitative estimate of drug-likeness (QED) is 0.864. The second kappa shape index (κ2) is 6.25. The Kier molecular flexibility index (Phi) is 4.42. The summed E-state index contributed by atoms with van der Waals surface area (Å²) in [6, 6.07) is 15.4. The molecule has 0 aliphatic heterocycles. The number of hydrogen-bond acceptors (Lipinski definition) is 3. The molecule has 0 heterocycles. The molecule has 100 valence electrons. The van der Waals surface area contributed by atoms with E-state index in [9.17, 15) is 5.11 Å². The van der Waals surface area contributed by atoms with Gasteiger partial charge in [-0.2, -0.15) is 0 Å². The van der Waals surface area contributed by atoms with Gasteiger partial charge in [0.05, 0.1) is 0 Å². The molecule has 1 unspecified atom stereocenters. The predicted molar refractivity (Wildman–Crippen MR) is 76.4 cm³/mol. The van der Waals surface area contributed by atoms with Gasteiger partial charge in [0, 0.05) is 6.04 Å². The van der Waals surface area contributed by atoms with E-state index in [0.717, 1.165) is 11.3 Å². The van der Waals surface area contributed by atoms with Crippen molar-refractivity contribution in [2.75, 3.05) is 7.05 Å². The number of aromatic hydroxyl groups is 1. The summed E-state index contributed by atoms with van der Waals surface area (Å²) < 4.78 is 5.74. The van der Waals surface area contributed by atoms with Gasteiger partial charge in [-0.3, -0.25) is 0 Å². The van der Waals surface area contributed by atoms with Crippen molar-refractivity contribution in [1.29, 1.82) is 0 Å². The van der Waals surface area contributed by atoms with Crippen LogP contribution in [0.3, 0.4) is 0 Å². The molecule has 0 aromatic heterocycles. The monoisotopic (exact) mass is 257 g/mol. The van der Waals surface area contributed by atoms with Crippen LogP contribution in [0.2, 0.25) is 0 Å². The van der Waals surface area contributed by atoms with E-state index in [2.05, 4.69) is 18.3 Å². The number of rotatable bonds is 5. The van der Waals surface area contributed by atoms with Gasteiger partial charge in [0.2, 0.25) is 0 Å². The van der Waals surface area contributed by atoms with Crippen molar-refractivity contribution >= 4 is 0 Å². The largest absolute Gasteiger partial charge is 0.508 e. The van der Waals surface area contributed by atoms with E-state index in [0.29, 0.717) is 12.6 Å². The molecule has 0 aliphatic rings. The number of benzene rings is 2. The van der Waals surface area contributed by atoms with Crippen molar-refractivity contribution < 1.29 is 9.84 Å². The topological polar surface area (TPSA) is 41.5 Å². The first-order valence-electron chi connectivity index (χ1n) is 6.37. The molecule has 3 heteroatoms. The normalized spacial score (nSPS) is 12.1. The van der Waals surface area contributed by atoms with Gasteiger partial charge in [-0.15, -0.1) is 0 Å². The lowest BCUT2D eigenvalue weighted by atomic mass is 10.1. The van der Waals surface area contributed by atoms with Gasteiger partial charge >= 0.3 is 0 Å². The van der Waals surface area contributed by atoms with Gasteiger partial charge < -0.3 is 15.2 Å². The van der Waals surface area contributed by atoms with E-state index >= 15 is 0 Å². The van der Waals surface area contributed by atoms with Crippen LogP contribution >= 0.6 is 0 Å². The van der Waals surface area contributed by atoms with Crippen molar-refractivity contribution in [3.8, 4) is 11.5 Å². The predicted octanol–water partition coefficient (Wildman–Crippen LogP) is 3.25. The average molecular weight is 257 g/mol. The lowest BCUT2D eigenvalue weighted by Crippen LogP contribution is -2.12. The summed E-state index contributed by atoms with van der Waals surface area (Å²) in [7, 11) is 1.94. The van der Waals surface area contributed by atoms with Crippen LogP contribution in [0.5, 0.6) is 11.5 Å². The number of ether oxygens (including phenoxy) is 1. The molecule has 3 nitrogen and oxygen atoms in total. The van der Waals surface area contributed by atoms with Crippen molar-refractivity contribution in [3.63, 3.8) is 0 Å². The van der Waals surface area contributed by atoms with Gasteiger partial charge in [-0.05, 0) is 49.4 Å². The van der Waals surface area contributed by atoms with E-state index < -0.39 is 0 Å². The molecule has 0 bridgehead atoms. The van der Waals surface area contributed by atoms with Crippen LogP contribution in [-0.2, 0) is 6.61 Å². The van der Waals surface area contributed by atoms with E-state index in [1.54, 1.807) is 12.1 Å². The van der Waals surface area contributed by atoms with Gasteiger partial charge in [-0.25, -0.2) is 0 Å². The fourth-order valence-corrected chi connectivity index (χ4v) is 1.85. The Hall–Kier alpha value is -2.00. The van der Waals surface area contributed by atoms with Crippen molar-refractivity contribution in [3.05, 3.63) is 59.7 Å². The van der Waals surface area contributed by atoms with Crippen LogP contribution in [0.15, 0.2) is 48.5 Å². The molecule has 19 heavy (non-hydrogen) atoms. The molecule has 0 aliphatic carbocycles. The second-order valence-electron chi connectivity index (χ2n) is 4.54. The van der Waals surface area contributed by atoms with Crippen LogP contribution in [0, 0.1) is 0 Å². The first-order valence-corrected chi connectivity index (χ1v) is 6.37. The molecular formula is C16H19NO2. The minimum absolute atomic E-state index is 0.263. The first-order chi connectivity index (χ1) is 9.19. The molecule has 2 aromatic rings. The third-order valence-corrected chi connectivity index (χ3v) is 3.11. The van der Waals surface area contributed by atoms with E-state index in [1.165, 1.54) is 5.56 Å². The number of phenols is 1. The highest BCUT2D eigenvalue weighted by Gasteiger charge is 2.04. The minimum Gasteiger partial charge on any atom is -0.508 e. The average Bonchev–Trinajstić information content (AvgIpc) is 2.45. The molecule has 0 saturated carbocycles. The number of hydrogen-bond donors (Lipinski definition) is 2. The smallest absolute Gasteiger partial charge is 0.120 e. The summed E-state index contributed by atoms with van der Waals surface area (Å²) in [4.78, 5) is 0. The third kappa shape index (κ3) is 3.73. The second-order valence-corrected chi connectivity index (χ2v) is 4.54. The molecule has 0 fully saturated rings. The standard InChI is InChI=1S/C16H19NO2/c1-12(17-2)14-6-4-8-16(10-14)19-11-13-5-3-7-15(18)9-13/h3-10,12,17-18H,11H2,1-2H3. The summed E-state index contributed by atoms with van der Waals surface area (Å²) in [6.07, 6.45) is 0. The highest BCUT2D eigenvalue weighted by molar-refractivity contribution is 5.31. The number of phenolic OH excluding ortho intramolecular Hbond substituents is 1. The van der Waals surface area contributed by atoms with Crippen molar-refractivity contribution in [2.24, 2.45) is 0 Å². The fraction of sp³-hybridized carbons (Fsp3) is 0.250. The van der Waals surface area contributed by atoms with Gasteiger partial charge in [0.25, 0.3) is 0 Å². The zero-order valence-corrected chi connectivity index (χ0v) is 11.3. The molecule has 2 aromatic carbocycles. The van der Waals surface area contributed by atoms with E-state index in [1.807, 2.05) is 37.4 Å². The lowest BCUT2D eigenvalue weighted by molar-refractivity contribution is 0.305. The molecule has 1 atom stereocenters. The molecule has 2 N–H and O–H groups in total. The van der Waals surface area contributed by atoms with E-state index in [4.69, 9.17) is 4.74 Å². The Morgan fingerprint density at radius 2 is 1.95 bits per heavy atom. The highest BCUT2D eigenvalue weighted by atomic mass is 16.5. The van der Waals surface area contributed by atoms with Crippen LogP contribution in [-0.4, -0.2) is 12.2 Å². The van der Waals surface area contributed by atoms with Gasteiger partial charge in [0.1, 0.15) is 18.1 Å². The SMILES string of the molecule is CNC(C)c1cccc(OCc2cccc(O)c2)c1. The Balaban J connectivity index is 2.03. The minimum atomic E-state index is 0.263. The molecular weight excluding hydrogens is 238 g/mol. The maximum absolute atomic E-state index is 9.40. The highest BCUT2D eigenvalue weighted by Crippen LogP contribution is 2.20. The molecule has 0 spiro atoms. The summed E-state index contributed by atoms with van der Waals surface area (Å²) in [5.41, 5.74) is 2.14. The van der Waals surface area contributed by atoms with Gasteiger partial charge in [-0.1, -0.05) is 24.3 Å². The fourth-order valence-electron chi connectivity index (χ4n) is 1.85. The molecule has 0 saturated heterocycles. The van der Waals surface area contributed by atoms with Crippen LogP contribution in [0.4, 0.5) is 0 Å². The van der Waals surface area contributed by atoms with Crippen LogP contribution in [0.25, 0.3) is 0 Å². The summed E-state index contributed by atoms with van der Waals surface area (Å²) in [5, 5.41) is 12.6. The van der Waals surface area contributed by atoms with Crippen LogP contribution in [0.1, 0.15) is 24.1 Å². The van der Waals surface area contributed by atoms with Gasteiger partial charge in [0.15, 0.2) is 0 Å². The maximum atomic E-state index is 9.40. The molecule has 2 rings (SSSR count). The summed E-state index contributed by atoms with van der Waals surface area (Å²) in [6.45, 7) is 2.56. The Bertz CT molecular complexity index is 540. The zero-order valence-electron chi connectivity index (χ0n) is 11.3. The maximum Gasteiger partial charge on any atom is 0.120 e. The Labute approximate surface area is 113 Å². The third-order valence-electron chi connectivity index (χ3n) is 3.11. The lowest BCUT2D eigenvalue weighted by Gasteiger charge is -2.13. The van der Waals surface area contributed by atoms with Crippen LogP contribution < -0.4 is 10.1 Å². The first kappa shape index (κ1) is 13.4. The Morgan fingerprint density at radius 3 is 2.68 bits per heavy atom. The molecule has 0 amide bonds. The summed E-state index contributed by atoms with van der Waals surface area (Å²) >= 11 is 0. The zero-order chi connectivity index (χ0) is 13.7. The number of nitrogens with one attached hydrogen (secondary N) is 1. The van der Waals surface area contributed by atoms with E-state index in [-0.39, 0.29) is 5.75 Å². The Morgan fingerprint density at radius 1 is 1.16 bits per heavy atom.